The largest absolute Gasteiger partial charge is 0.236 e. The van der Waals surface area contributed by atoms with Gasteiger partial charge in [-0.05, 0) is 35.0 Å². The van der Waals surface area contributed by atoms with Crippen LogP contribution in [0.4, 0.5) is 0 Å². The summed E-state index contributed by atoms with van der Waals surface area (Å²) >= 11 is 0. The lowest BCUT2D eigenvalue weighted by Crippen LogP contribution is -1.93. The van der Waals surface area contributed by atoms with Gasteiger partial charge in [-0.1, -0.05) is 78.6 Å². The van der Waals surface area contributed by atoms with E-state index < -0.39 is 0 Å². The first-order valence-electron chi connectivity index (χ1n) is 9.19. The topological polar surface area (TPSA) is 25.8 Å². The summed E-state index contributed by atoms with van der Waals surface area (Å²) in [5.74, 6) is 6.66. The highest BCUT2D eigenvalue weighted by Crippen LogP contribution is 2.34. The van der Waals surface area contributed by atoms with E-state index in [1.54, 1.807) is 6.33 Å². The van der Waals surface area contributed by atoms with Gasteiger partial charge in [0.1, 0.15) is 6.33 Å². The van der Waals surface area contributed by atoms with Crippen molar-refractivity contribution in [3.05, 3.63) is 108 Å². The SMILES string of the molecule is C(#Cc1ccc2ccccc2c1-c1ncnc2ccccc12)c1ccccc1. The molecule has 130 valence electrons. The Morgan fingerprint density at radius 2 is 1.32 bits per heavy atom. The van der Waals surface area contributed by atoms with Crippen LogP contribution < -0.4 is 0 Å². The van der Waals surface area contributed by atoms with Crippen LogP contribution in [-0.4, -0.2) is 9.97 Å². The molecule has 0 saturated carbocycles. The summed E-state index contributed by atoms with van der Waals surface area (Å²) in [5.41, 5.74) is 4.86. The molecule has 0 saturated heterocycles. The van der Waals surface area contributed by atoms with Crippen molar-refractivity contribution in [1.82, 2.24) is 9.97 Å². The van der Waals surface area contributed by atoms with Gasteiger partial charge in [0.15, 0.2) is 0 Å². The number of hydrogen-bond donors (Lipinski definition) is 0. The van der Waals surface area contributed by atoms with Crippen molar-refractivity contribution in [2.45, 2.75) is 0 Å². The molecule has 0 spiro atoms. The Balaban J connectivity index is 1.82. The maximum Gasteiger partial charge on any atom is 0.116 e. The predicted octanol–water partition coefficient (Wildman–Crippen LogP) is 5.85. The van der Waals surface area contributed by atoms with Crippen molar-refractivity contribution >= 4 is 21.7 Å². The highest BCUT2D eigenvalue weighted by atomic mass is 14.8. The first kappa shape index (κ1) is 16.2. The molecule has 5 aromatic rings. The average Bonchev–Trinajstić information content (AvgIpc) is 2.77. The molecule has 1 heterocycles. The Morgan fingerprint density at radius 1 is 0.571 bits per heavy atom. The minimum absolute atomic E-state index is 0.916. The molecule has 1 aromatic heterocycles. The van der Waals surface area contributed by atoms with Gasteiger partial charge in [-0.25, -0.2) is 9.97 Å². The Labute approximate surface area is 163 Å². The van der Waals surface area contributed by atoms with E-state index in [4.69, 9.17) is 0 Å². The number of fused-ring (bicyclic) bond motifs is 2. The van der Waals surface area contributed by atoms with Crippen LogP contribution in [0.5, 0.6) is 0 Å². The predicted molar refractivity (Wildman–Crippen MR) is 115 cm³/mol. The van der Waals surface area contributed by atoms with Crippen LogP contribution >= 0.6 is 0 Å². The van der Waals surface area contributed by atoms with Crippen molar-refractivity contribution in [1.29, 1.82) is 0 Å². The highest BCUT2D eigenvalue weighted by molar-refractivity contribution is 6.05. The van der Waals surface area contributed by atoms with Crippen LogP contribution in [0.15, 0.2) is 97.3 Å². The third-order valence-electron chi connectivity index (χ3n) is 4.82. The van der Waals surface area contributed by atoms with Gasteiger partial charge in [0, 0.05) is 22.1 Å². The van der Waals surface area contributed by atoms with E-state index in [1.807, 2.05) is 48.5 Å². The lowest BCUT2D eigenvalue weighted by Gasteiger charge is -2.11. The Kier molecular flexibility index (Phi) is 4.05. The van der Waals surface area contributed by atoms with Crippen LogP contribution in [0, 0.1) is 11.8 Å². The average molecular weight is 356 g/mol. The van der Waals surface area contributed by atoms with Crippen molar-refractivity contribution in [2.24, 2.45) is 0 Å². The van der Waals surface area contributed by atoms with Crippen molar-refractivity contribution < 1.29 is 0 Å². The van der Waals surface area contributed by atoms with Gasteiger partial charge in [0.2, 0.25) is 0 Å². The zero-order valence-corrected chi connectivity index (χ0v) is 15.1. The second-order valence-electron chi connectivity index (χ2n) is 6.56. The normalized spacial score (nSPS) is 10.6. The number of benzene rings is 4. The van der Waals surface area contributed by atoms with E-state index in [2.05, 4.69) is 64.3 Å². The maximum atomic E-state index is 4.66. The fourth-order valence-electron chi connectivity index (χ4n) is 3.50. The van der Waals surface area contributed by atoms with Crippen molar-refractivity contribution in [3.63, 3.8) is 0 Å². The zero-order chi connectivity index (χ0) is 18.8. The molecule has 0 aliphatic rings. The summed E-state index contributed by atoms with van der Waals surface area (Å²) in [6.07, 6.45) is 1.63. The summed E-state index contributed by atoms with van der Waals surface area (Å²) < 4.78 is 0. The Morgan fingerprint density at radius 3 is 2.21 bits per heavy atom. The second kappa shape index (κ2) is 6.98. The van der Waals surface area contributed by atoms with Gasteiger partial charge in [0.05, 0.1) is 11.2 Å². The van der Waals surface area contributed by atoms with Gasteiger partial charge < -0.3 is 0 Å². The summed E-state index contributed by atoms with van der Waals surface area (Å²) in [6.45, 7) is 0. The highest BCUT2D eigenvalue weighted by Gasteiger charge is 2.13. The van der Waals surface area contributed by atoms with Gasteiger partial charge in [-0.3, -0.25) is 0 Å². The lowest BCUT2D eigenvalue weighted by molar-refractivity contribution is 1.23. The van der Waals surface area contributed by atoms with Gasteiger partial charge >= 0.3 is 0 Å². The first-order valence-corrected chi connectivity index (χ1v) is 9.19. The van der Waals surface area contributed by atoms with Gasteiger partial charge in [-0.15, -0.1) is 0 Å². The van der Waals surface area contributed by atoms with Crippen LogP contribution in [0.2, 0.25) is 0 Å². The molecular weight excluding hydrogens is 340 g/mol. The summed E-state index contributed by atoms with van der Waals surface area (Å²) in [5, 5.41) is 3.35. The quantitative estimate of drug-likeness (QED) is 0.352. The standard InChI is InChI=1S/C26H16N2/c1-2-8-19(9-3-1)14-15-21-17-16-20-10-4-5-11-22(20)25(21)26-23-12-6-7-13-24(23)27-18-28-26/h1-13,16-18H. The fraction of sp³-hybridized carbons (Fsp3) is 0. The molecule has 4 aromatic carbocycles. The molecular formula is C26H16N2. The summed E-state index contributed by atoms with van der Waals surface area (Å²) in [6, 6.07) is 30.7. The van der Waals surface area contributed by atoms with Crippen LogP contribution in [0.3, 0.4) is 0 Å². The van der Waals surface area contributed by atoms with E-state index in [1.165, 1.54) is 5.39 Å². The van der Waals surface area contributed by atoms with Crippen molar-refractivity contribution in [2.75, 3.05) is 0 Å². The molecule has 0 aliphatic heterocycles. The number of aromatic nitrogens is 2. The van der Waals surface area contributed by atoms with E-state index >= 15 is 0 Å². The van der Waals surface area contributed by atoms with Gasteiger partial charge in [0.25, 0.3) is 0 Å². The molecule has 0 unspecified atom stereocenters. The third-order valence-corrected chi connectivity index (χ3v) is 4.82. The molecule has 2 nitrogen and oxygen atoms in total. The number of nitrogens with zero attached hydrogens (tertiary/aromatic N) is 2. The first-order chi connectivity index (χ1) is 13.9. The molecule has 0 fully saturated rings. The molecule has 28 heavy (non-hydrogen) atoms. The monoisotopic (exact) mass is 356 g/mol. The molecule has 0 radical (unpaired) electrons. The fourth-order valence-corrected chi connectivity index (χ4v) is 3.50. The molecule has 2 heteroatoms. The van der Waals surface area contributed by atoms with Crippen LogP contribution in [0.1, 0.15) is 11.1 Å². The Bertz CT molecular complexity index is 1350. The van der Waals surface area contributed by atoms with E-state index in [0.717, 1.165) is 38.7 Å². The molecule has 0 atom stereocenters. The maximum absolute atomic E-state index is 4.66. The van der Waals surface area contributed by atoms with E-state index in [-0.39, 0.29) is 0 Å². The molecule has 0 bridgehead atoms. The smallest absolute Gasteiger partial charge is 0.116 e. The molecule has 5 rings (SSSR count). The van der Waals surface area contributed by atoms with Crippen LogP contribution in [0.25, 0.3) is 32.9 Å². The number of para-hydroxylation sites is 1. The van der Waals surface area contributed by atoms with E-state index in [0.29, 0.717) is 0 Å². The van der Waals surface area contributed by atoms with Crippen LogP contribution in [-0.2, 0) is 0 Å². The number of hydrogen-bond acceptors (Lipinski definition) is 2. The summed E-state index contributed by atoms with van der Waals surface area (Å²) in [4.78, 5) is 9.09. The van der Waals surface area contributed by atoms with Gasteiger partial charge in [-0.2, -0.15) is 0 Å². The molecule has 0 N–H and O–H groups in total. The number of rotatable bonds is 1. The Hall–Kier alpha value is -3.96. The minimum Gasteiger partial charge on any atom is -0.236 e. The lowest BCUT2D eigenvalue weighted by atomic mass is 9.94. The second-order valence-corrected chi connectivity index (χ2v) is 6.56. The summed E-state index contributed by atoms with van der Waals surface area (Å²) in [7, 11) is 0. The van der Waals surface area contributed by atoms with Crippen molar-refractivity contribution in [3.8, 4) is 23.1 Å². The third kappa shape index (κ3) is 2.90. The minimum atomic E-state index is 0.916. The molecule has 0 aliphatic carbocycles. The van der Waals surface area contributed by atoms with E-state index in [9.17, 15) is 0 Å². The molecule has 0 amide bonds. The zero-order valence-electron chi connectivity index (χ0n) is 15.1.